The molecule has 0 aromatic heterocycles. The Morgan fingerprint density at radius 3 is 2.63 bits per heavy atom. The van der Waals surface area contributed by atoms with Crippen molar-refractivity contribution in [2.45, 2.75) is 26.6 Å². The average Bonchev–Trinajstić information content (AvgIpc) is 2.25. The summed E-state index contributed by atoms with van der Waals surface area (Å²) in [5.41, 5.74) is 0.997. The fraction of sp³-hybridized carbons (Fsp3) is 0.417. The number of cyclic esters (lactones) is 1. The Morgan fingerprint density at radius 2 is 2.00 bits per heavy atom. The molecule has 7 heteroatoms. The lowest BCUT2D eigenvalue weighted by Gasteiger charge is -2.33. The van der Waals surface area contributed by atoms with E-state index in [1.54, 1.807) is 32.9 Å². The van der Waals surface area contributed by atoms with Crippen molar-refractivity contribution in [2.75, 3.05) is 6.51 Å². The largest absolute Gasteiger partial charge is 0.492 e. The second kappa shape index (κ2) is 4.75. The molecule has 102 valence electrons. The molecule has 1 heterocycles. The average molecular weight is 266 g/mol. The van der Waals surface area contributed by atoms with Crippen molar-refractivity contribution in [3.8, 4) is 11.5 Å². The number of aryl methyl sites for hydroxylation is 1. The minimum absolute atomic E-state index is 0.266. The molecule has 0 amide bonds. The summed E-state index contributed by atoms with van der Waals surface area (Å²) in [5.74, 6) is -1.03. The highest BCUT2D eigenvalue weighted by atomic mass is 16.7. The minimum atomic E-state index is -1.60. The molecule has 0 spiro atoms. The summed E-state index contributed by atoms with van der Waals surface area (Å²) in [7, 11) is -1.60. The highest BCUT2D eigenvalue weighted by Gasteiger charge is 2.37. The van der Waals surface area contributed by atoms with Crippen LogP contribution in [0.2, 0.25) is 0 Å². The molecule has 0 saturated heterocycles. The van der Waals surface area contributed by atoms with Gasteiger partial charge in [0.15, 0.2) is 11.5 Å². The zero-order valence-corrected chi connectivity index (χ0v) is 11.0. The zero-order chi connectivity index (χ0) is 14.2. The summed E-state index contributed by atoms with van der Waals surface area (Å²) in [5, 5.41) is 17.7. The van der Waals surface area contributed by atoms with Crippen LogP contribution in [0, 0.1) is 6.92 Å². The van der Waals surface area contributed by atoms with Gasteiger partial charge in [-0.25, -0.2) is 4.79 Å². The van der Waals surface area contributed by atoms with Gasteiger partial charge in [-0.2, -0.15) is 0 Å². The van der Waals surface area contributed by atoms with E-state index < -0.39 is 18.9 Å². The van der Waals surface area contributed by atoms with Crippen molar-refractivity contribution in [3.63, 3.8) is 0 Å². The first-order valence-corrected chi connectivity index (χ1v) is 5.85. The topological polar surface area (TPSA) is 85.2 Å². The molecule has 0 unspecified atom stereocenters. The molecule has 0 saturated carbocycles. The molecule has 1 aliphatic heterocycles. The van der Waals surface area contributed by atoms with Crippen LogP contribution in [0.3, 0.4) is 0 Å². The van der Waals surface area contributed by atoms with Crippen LogP contribution in [0.1, 0.15) is 29.8 Å². The third-order valence-corrected chi connectivity index (χ3v) is 2.61. The molecule has 6 nitrogen and oxygen atoms in total. The van der Waals surface area contributed by atoms with E-state index in [0.29, 0.717) is 11.1 Å². The van der Waals surface area contributed by atoms with Gasteiger partial charge in [0.05, 0.1) is 0 Å². The molecular formula is C12H15BO6. The Bertz CT molecular complexity index is 511. The predicted octanol–water partition coefficient (Wildman–Crippen LogP) is 0.671. The van der Waals surface area contributed by atoms with Crippen molar-refractivity contribution in [2.24, 2.45) is 0 Å². The third-order valence-electron chi connectivity index (χ3n) is 2.61. The van der Waals surface area contributed by atoms with Crippen LogP contribution in [0.4, 0.5) is 0 Å². The second-order valence-corrected chi connectivity index (χ2v) is 4.77. The number of hydrogen-bond acceptors (Lipinski definition) is 6. The Labute approximate surface area is 111 Å². The van der Waals surface area contributed by atoms with Gasteiger partial charge >= 0.3 is 13.1 Å². The molecular weight excluding hydrogens is 251 g/mol. The molecule has 0 bridgehead atoms. The number of benzene rings is 1. The molecule has 19 heavy (non-hydrogen) atoms. The van der Waals surface area contributed by atoms with Gasteiger partial charge in [0.25, 0.3) is 0 Å². The van der Waals surface area contributed by atoms with Crippen molar-refractivity contribution in [3.05, 3.63) is 23.3 Å². The van der Waals surface area contributed by atoms with Gasteiger partial charge in [-0.15, -0.1) is 0 Å². The molecule has 0 aliphatic carbocycles. The fourth-order valence-corrected chi connectivity index (χ4v) is 1.84. The van der Waals surface area contributed by atoms with Crippen molar-refractivity contribution >= 4 is 13.1 Å². The maximum atomic E-state index is 12.0. The first kappa shape index (κ1) is 13.7. The van der Waals surface area contributed by atoms with E-state index in [9.17, 15) is 4.79 Å². The number of fused-ring (bicyclic) bond motifs is 1. The van der Waals surface area contributed by atoms with Crippen LogP contribution in [-0.4, -0.2) is 35.4 Å². The molecule has 1 aliphatic rings. The van der Waals surface area contributed by atoms with Crippen LogP contribution in [0.25, 0.3) is 0 Å². The van der Waals surface area contributed by atoms with Crippen LogP contribution >= 0.6 is 0 Å². The lowest BCUT2D eigenvalue weighted by atomic mass is 9.95. The molecule has 2 rings (SSSR count). The Morgan fingerprint density at radius 1 is 1.32 bits per heavy atom. The van der Waals surface area contributed by atoms with E-state index in [-0.39, 0.29) is 18.0 Å². The van der Waals surface area contributed by atoms with Gasteiger partial charge in [0, 0.05) is 13.8 Å². The Hall–Kier alpha value is -1.73. The summed E-state index contributed by atoms with van der Waals surface area (Å²) in [6.07, 6.45) is 0. The van der Waals surface area contributed by atoms with Gasteiger partial charge in [0.1, 0.15) is 12.1 Å². The van der Waals surface area contributed by atoms with Gasteiger partial charge in [-0.1, -0.05) is 6.07 Å². The number of hydrogen-bond donors (Lipinski definition) is 2. The maximum absolute atomic E-state index is 12.0. The van der Waals surface area contributed by atoms with Crippen LogP contribution < -0.4 is 9.47 Å². The van der Waals surface area contributed by atoms with E-state index in [2.05, 4.69) is 0 Å². The zero-order valence-electron chi connectivity index (χ0n) is 11.0. The van der Waals surface area contributed by atoms with Crippen LogP contribution in [0.15, 0.2) is 12.1 Å². The van der Waals surface area contributed by atoms with E-state index in [1.165, 1.54) is 0 Å². The Balaban J connectivity index is 2.43. The van der Waals surface area contributed by atoms with Crippen LogP contribution in [0.5, 0.6) is 11.5 Å². The summed E-state index contributed by atoms with van der Waals surface area (Å²) < 4.78 is 16.0. The highest BCUT2D eigenvalue weighted by Crippen LogP contribution is 2.40. The number of carbonyl (C=O) groups excluding carboxylic acids is 1. The molecule has 0 fully saturated rings. The molecule has 2 N–H and O–H groups in total. The third kappa shape index (κ3) is 2.82. The lowest BCUT2D eigenvalue weighted by molar-refractivity contribution is -0.128. The van der Waals surface area contributed by atoms with Gasteiger partial charge in [-0.05, 0) is 18.6 Å². The molecule has 0 radical (unpaired) electrons. The normalized spacial score (nSPS) is 16.2. The van der Waals surface area contributed by atoms with Gasteiger partial charge in [-0.3, -0.25) is 0 Å². The fourth-order valence-electron chi connectivity index (χ4n) is 1.84. The summed E-state index contributed by atoms with van der Waals surface area (Å²) in [6, 6.07) is 3.30. The summed E-state index contributed by atoms with van der Waals surface area (Å²) in [6.45, 7) is 4.67. The van der Waals surface area contributed by atoms with E-state index in [1.807, 2.05) is 0 Å². The first-order valence-electron chi connectivity index (χ1n) is 5.85. The van der Waals surface area contributed by atoms with Crippen molar-refractivity contribution < 1.29 is 29.1 Å². The first-order chi connectivity index (χ1) is 8.80. The quantitative estimate of drug-likeness (QED) is 0.617. The van der Waals surface area contributed by atoms with Gasteiger partial charge in [0.2, 0.25) is 5.79 Å². The van der Waals surface area contributed by atoms with Crippen molar-refractivity contribution in [1.29, 1.82) is 0 Å². The number of carbonyl (C=O) groups is 1. The molecule has 1 aromatic rings. The van der Waals surface area contributed by atoms with E-state index in [4.69, 9.17) is 24.3 Å². The van der Waals surface area contributed by atoms with Crippen molar-refractivity contribution in [1.82, 2.24) is 0 Å². The SMILES string of the molecule is Cc1ccc(OCB(O)O)c2c1C(=O)OC(C)(C)O2. The maximum Gasteiger partial charge on any atom is 0.491 e. The number of rotatable bonds is 3. The highest BCUT2D eigenvalue weighted by molar-refractivity contribution is 6.40. The molecule has 0 atom stereocenters. The minimum Gasteiger partial charge on any atom is -0.492 e. The summed E-state index contributed by atoms with van der Waals surface area (Å²) >= 11 is 0. The van der Waals surface area contributed by atoms with Crippen LogP contribution in [-0.2, 0) is 4.74 Å². The van der Waals surface area contributed by atoms with E-state index in [0.717, 1.165) is 0 Å². The van der Waals surface area contributed by atoms with Gasteiger partial charge < -0.3 is 24.3 Å². The molecule has 1 aromatic carbocycles. The Kier molecular flexibility index (Phi) is 3.43. The second-order valence-electron chi connectivity index (χ2n) is 4.77. The van der Waals surface area contributed by atoms with E-state index >= 15 is 0 Å². The number of esters is 1. The number of ether oxygens (including phenoxy) is 3. The predicted molar refractivity (Wildman–Crippen MR) is 67.0 cm³/mol. The monoisotopic (exact) mass is 266 g/mol. The standard InChI is InChI=1S/C12H15BO6/c1-7-4-5-8(17-6-13(15)16)10-9(7)11(14)19-12(2,3)18-10/h4-5,15-16H,6H2,1-3H3. The summed E-state index contributed by atoms with van der Waals surface area (Å²) in [4.78, 5) is 12.0. The smallest absolute Gasteiger partial charge is 0.491 e. The lowest BCUT2D eigenvalue weighted by Crippen LogP contribution is -2.39.